The second-order valence-electron chi connectivity index (χ2n) is 6.05. The SMILES string of the molecule is Cc1cccc(CO[Si](C)(C)Cc2ccccc2)c1[N+](=O)[O-]. The van der Waals surface area contributed by atoms with Gasteiger partial charge in [0.1, 0.15) is 0 Å². The number of nitrogens with zero attached hydrogens (tertiary/aromatic N) is 1. The van der Waals surface area contributed by atoms with Crippen LogP contribution in [0.4, 0.5) is 5.69 Å². The number of benzene rings is 2. The van der Waals surface area contributed by atoms with Crippen LogP contribution in [0.2, 0.25) is 13.1 Å². The van der Waals surface area contributed by atoms with E-state index in [9.17, 15) is 10.1 Å². The van der Waals surface area contributed by atoms with Crippen molar-refractivity contribution in [3.63, 3.8) is 0 Å². The molecule has 0 aliphatic heterocycles. The van der Waals surface area contributed by atoms with Gasteiger partial charge >= 0.3 is 0 Å². The molecule has 0 saturated carbocycles. The van der Waals surface area contributed by atoms with Crippen LogP contribution >= 0.6 is 0 Å². The molecule has 0 radical (unpaired) electrons. The quantitative estimate of drug-likeness (QED) is 0.451. The van der Waals surface area contributed by atoms with Gasteiger partial charge in [0.2, 0.25) is 0 Å². The van der Waals surface area contributed by atoms with Crippen LogP contribution in [0.25, 0.3) is 0 Å². The number of para-hydroxylation sites is 1. The van der Waals surface area contributed by atoms with Gasteiger partial charge in [-0.2, -0.15) is 0 Å². The molecule has 0 fully saturated rings. The van der Waals surface area contributed by atoms with Gasteiger partial charge in [0.05, 0.1) is 17.1 Å². The zero-order valence-corrected chi connectivity index (χ0v) is 14.2. The summed E-state index contributed by atoms with van der Waals surface area (Å²) in [4.78, 5) is 10.9. The molecule has 4 nitrogen and oxygen atoms in total. The van der Waals surface area contributed by atoms with Crippen molar-refractivity contribution >= 4 is 14.0 Å². The minimum atomic E-state index is -1.92. The second-order valence-corrected chi connectivity index (χ2v) is 10.2. The predicted octanol–water partition coefficient (Wildman–Crippen LogP) is 4.41. The Morgan fingerprint density at radius 3 is 2.41 bits per heavy atom. The third-order valence-corrected chi connectivity index (χ3v) is 5.78. The van der Waals surface area contributed by atoms with E-state index in [1.165, 1.54) is 5.56 Å². The molecule has 5 heteroatoms. The molecule has 0 aromatic heterocycles. The highest BCUT2D eigenvalue weighted by atomic mass is 28.4. The van der Waals surface area contributed by atoms with Crippen molar-refractivity contribution in [3.05, 3.63) is 75.3 Å². The van der Waals surface area contributed by atoms with E-state index < -0.39 is 8.32 Å². The van der Waals surface area contributed by atoms with Crippen LogP contribution in [0.3, 0.4) is 0 Å². The van der Waals surface area contributed by atoms with Crippen LogP contribution in [-0.4, -0.2) is 13.2 Å². The smallest absolute Gasteiger partial charge is 0.277 e. The molecule has 0 aliphatic carbocycles. The minimum Gasteiger partial charge on any atom is -0.412 e. The third kappa shape index (κ3) is 4.25. The lowest BCUT2D eigenvalue weighted by Crippen LogP contribution is -2.33. The topological polar surface area (TPSA) is 52.4 Å². The maximum Gasteiger partial charge on any atom is 0.277 e. The lowest BCUT2D eigenvalue weighted by atomic mass is 10.1. The molecule has 0 N–H and O–H groups in total. The number of aryl methyl sites for hydroxylation is 1. The van der Waals surface area contributed by atoms with Crippen molar-refractivity contribution in [1.82, 2.24) is 0 Å². The van der Waals surface area contributed by atoms with Crippen molar-refractivity contribution in [2.75, 3.05) is 0 Å². The molecular formula is C17H21NO3Si. The average molecular weight is 315 g/mol. The zero-order valence-electron chi connectivity index (χ0n) is 13.2. The molecule has 2 aromatic carbocycles. The summed E-state index contributed by atoms with van der Waals surface area (Å²) in [5.74, 6) is 0. The van der Waals surface area contributed by atoms with E-state index in [4.69, 9.17) is 4.43 Å². The first kappa shape index (κ1) is 16.4. The summed E-state index contributed by atoms with van der Waals surface area (Å²) >= 11 is 0. The van der Waals surface area contributed by atoms with Crippen LogP contribution in [-0.2, 0) is 17.1 Å². The molecule has 116 valence electrons. The Hall–Kier alpha value is -1.98. The molecular weight excluding hydrogens is 294 g/mol. The Morgan fingerprint density at radius 2 is 1.77 bits per heavy atom. The standard InChI is InChI=1S/C17H21NO3Si/c1-14-8-7-11-16(17(14)18(19)20)12-21-22(2,3)13-15-9-5-4-6-10-15/h4-11H,12-13H2,1-3H3. The Morgan fingerprint density at radius 1 is 1.09 bits per heavy atom. The Labute approximate surface area is 132 Å². The van der Waals surface area contributed by atoms with Gasteiger partial charge in [-0.3, -0.25) is 10.1 Å². The molecule has 0 heterocycles. The monoisotopic (exact) mass is 315 g/mol. The molecule has 22 heavy (non-hydrogen) atoms. The summed E-state index contributed by atoms with van der Waals surface area (Å²) in [6, 6.07) is 16.5. The molecule has 2 rings (SSSR count). The van der Waals surface area contributed by atoms with Crippen LogP contribution in [0, 0.1) is 17.0 Å². The lowest BCUT2D eigenvalue weighted by molar-refractivity contribution is -0.386. The minimum absolute atomic E-state index is 0.173. The van der Waals surface area contributed by atoms with Gasteiger partial charge in [-0.15, -0.1) is 0 Å². The normalized spacial score (nSPS) is 11.4. The van der Waals surface area contributed by atoms with E-state index in [0.717, 1.165) is 6.04 Å². The number of nitro benzene ring substituents is 1. The van der Waals surface area contributed by atoms with Crippen molar-refractivity contribution < 1.29 is 9.35 Å². The summed E-state index contributed by atoms with van der Waals surface area (Å²) in [6.07, 6.45) is 0. The molecule has 0 unspecified atom stereocenters. The van der Waals surface area contributed by atoms with E-state index in [1.807, 2.05) is 24.3 Å². The summed E-state index contributed by atoms with van der Waals surface area (Å²) in [6.45, 7) is 6.33. The summed E-state index contributed by atoms with van der Waals surface area (Å²) in [5, 5.41) is 11.2. The maximum absolute atomic E-state index is 11.2. The zero-order chi connectivity index (χ0) is 16.2. The highest BCUT2D eigenvalue weighted by molar-refractivity contribution is 6.70. The van der Waals surface area contributed by atoms with Crippen LogP contribution < -0.4 is 0 Å². The van der Waals surface area contributed by atoms with Gasteiger partial charge in [0.25, 0.3) is 5.69 Å². The Balaban J connectivity index is 2.09. The van der Waals surface area contributed by atoms with Gasteiger partial charge in [0, 0.05) is 5.56 Å². The van der Waals surface area contributed by atoms with E-state index in [0.29, 0.717) is 17.7 Å². The average Bonchev–Trinajstić information content (AvgIpc) is 2.45. The van der Waals surface area contributed by atoms with Gasteiger partial charge in [-0.05, 0) is 37.7 Å². The van der Waals surface area contributed by atoms with E-state index in [-0.39, 0.29) is 10.6 Å². The number of nitro groups is 1. The van der Waals surface area contributed by atoms with Gasteiger partial charge in [-0.1, -0.05) is 42.5 Å². The fourth-order valence-electron chi connectivity index (χ4n) is 2.51. The third-order valence-electron chi connectivity index (χ3n) is 3.59. The molecule has 0 atom stereocenters. The largest absolute Gasteiger partial charge is 0.412 e. The highest BCUT2D eigenvalue weighted by Crippen LogP contribution is 2.25. The van der Waals surface area contributed by atoms with E-state index in [1.54, 1.807) is 19.1 Å². The summed E-state index contributed by atoms with van der Waals surface area (Å²) < 4.78 is 6.10. The fourth-order valence-corrected chi connectivity index (χ4v) is 4.38. The number of rotatable bonds is 6. The number of hydrogen-bond donors (Lipinski definition) is 0. The van der Waals surface area contributed by atoms with Gasteiger partial charge in [-0.25, -0.2) is 0 Å². The lowest BCUT2D eigenvalue weighted by Gasteiger charge is -2.23. The van der Waals surface area contributed by atoms with Crippen molar-refractivity contribution in [2.45, 2.75) is 32.7 Å². The van der Waals surface area contributed by atoms with Crippen LogP contribution in [0.15, 0.2) is 48.5 Å². The first-order valence-corrected chi connectivity index (χ1v) is 10.4. The Kier molecular flexibility index (Phi) is 5.10. The Bertz CT molecular complexity index is 656. The van der Waals surface area contributed by atoms with Crippen molar-refractivity contribution in [1.29, 1.82) is 0 Å². The first-order valence-electron chi connectivity index (χ1n) is 7.30. The summed E-state index contributed by atoms with van der Waals surface area (Å²) in [7, 11) is -1.92. The molecule has 0 aliphatic rings. The summed E-state index contributed by atoms with van der Waals surface area (Å²) in [5.41, 5.74) is 2.75. The van der Waals surface area contributed by atoms with E-state index >= 15 is 0 Å². The second kappa shape index (κ2) is 6.85. The van der Waals surface area contributed by atoms with Gasteiger partial charge in [0.15, 0.2) is 8.32 Å². The van der Waals surface area contributed by atoms with Crippen molar-refractivity contribution in [2.24, 2.45) is 0 Å². The molecule has 0 spiro atoms. The molecule has 0 bridgehead atoms. The van der Waals surface area contributed by atoms with Crippen molar-refractivity contribution in [3.8, 4) is 0 Å². The molecule has 0 amide bonds. The molecule has 2 aromatic rings. The van der Waals surface area contributed by atoms with Crippen LogP contribution in [0.1, 0.15) is 16.7 Å². The first-order chi connectivity index (χ1) is 10.4. The molecule has 0 saturated heterocycles. The predicted molar refractivity (Wildman–Crippen MR) is 90.3 cm³/mol. The number of hydrogen-bond acceptors (Lipinski definition) is 3. The van der Waals surface area contributed by atoms with E-state index in [2.05, 4.69) is 25.2 Å². The maximum atomic E-state index is 11.2. The highest BCUT2D eigenvalue weighted by Gasteiger charge is 2.25. The van der Waals surface area contributed by atoms with Gasteiger partial charge < -0.3 is 4.43 Å². The van der Waals surface area contributed by atoms with Crippen LogP contribution in [0.5, 0.6) is 0 Å². The fraction of sp³-hybridized carbons (Fsp3) is 0.294.